The maximum atomic E-state index is 12.4. The van der Waals surface area contributed by atoms with Crippen molar-refractivity contribution in [1.29, 1.82) is 0 Å². The topological polar surface area (TPSA) is 111 Å². The first-order valence-electron chi connectivity index (χ1n) is 11.4. The molecule has 33 heavy (non-hydrogen) atoms. The van der Waals surface area contributed by atoms with Gasteiger partial charge in [0.05, 0.1) is 13.7 Å². The van der Waals surface area contributed by atoms with Crippen LogP contribution in [0.1, 0.15) is 39.4 Å². The lowest BCUT2D eigenvalue weighted by Crippen LogP contribution is -2.61. The van der Waals surface area contributed by atoms with Crippen LogP contribution in [0.2, 0.25) is 0 Å². The Hall–Kier alpha value is -3.14. The minimum atomic E-state index is -0.490. The number of nitrogen functional groups attached to an aromatic ring is 1. The summed E-state index contributed by atoms with van der Waals surface area (Å²) in [6.07, 6.45) is 2.24. The zero-order valence-corrected chi connectivity index (χ0v) is 19.6. The molecule has 2 aliphatic rings. The monoisotopic (exact) mass is 453 g/mol. The highest BCUT2D eigenvalue weighted by molar-refractivity contribution is 5.95. The smallest absolute Gasteiger partial charge is 0.410 e. The van der Waals surface area contributed by atoms with Crippen LogP contribution < -0.4 is 10.5 Å². The molecule has 1 aliphatic carbocycles. The van der Waals surface area contributed by atoms with E-state index >= 15 is 0 Å². The molecule has 0 spiro atoms. The number of hydrogen-bond donors (Lipinski definition) is 1. The van der Waals surface area contributed by atoms with Gasteiger partial charge in [0.2, 0.25) is 5.95 Å². The molecule has 1 saturated heterocycles. The van der Waals surface area contributed by atoms with Crippen LogP contribution in [0.3, 0.4) is 0 Å². The van der Waals surface area contributed by atoms with Gasteiger partial charge in [0.15, 0.2) is 11.5 Å². The van der Waals surface area contributed by atoms with Crippen molar-refractivity contribution in [2.24, 2.45) is 5.92 Å². The Bertz CT molecular complexity index is 1190. The summed E-state index contributed by atoms with van der Waals surface area (Å²) in [6, 6.07) is 5.97. The molecule has 10 heteroatoms. The second kappa shape index (κ2) is 8.02. The molecule has 1 amide bonds. The fourth-order valence-electron chi connectivity index (χ4n) is 4.22. The standard InChI is InChI=1S/C23H31N7O3/c1-23(2,3)33-22(31)29-11-15(12-29)28(10-14-8-9-14)13-18-25-20-16-6-5-7-17(32-4)19(16)26-21(24)30(20)27-18/h5-7,14-15H,8-13H2,1-4H3,(H2,24,26). The van der Waals surface area contributed by atoms with Crippen molar-refractivity contribution in [2.75, 3.05) is 32.5 Å². The van der Waals surface area contributed by atoms with Crippen LogP contribution in [0.15, 0.2) is 18.2 Å². The molecule has 2 aromatic heterocycles. The van der Waals surface area contributed by atoms with Crippen LogP contribution in [0.25, 0.3) is 16.6 Å². The van der Waals surface area contributed by atoms with E-state index in [-0.39, 0.29) is 18.1 Å². The highest BCUT2D eigenvalue weighted by Crippen LogP contribution is 2.33. The molecule has 3 heterocycles. The summed E-state index contributed by atoms with van der Waals surface area (Å²) in [7, 11) is 1.61. The fraction of sp³-hybridized carbons (Fsp3) is 0.565. The molecule has 0 bridgehead atoms. The van der Waals surface area contributed by atoms with E-state index in [4.69, 9.17) is 20.2 Å². The average molecular weight is 454 g/mol. The Morgan fingerprint density at radius 2 is 2.00 bits per heavy atom. The summed E-state index contributed by atoms with van der Waals surface area (Å²) in [5, 5.41) is 5.50. The van der Waals surface area contributed by atoms with Gasteiger partial charge in [-0.3, -0.25) is 4.90 Å². The van der Waals surface area contributed by atoms with Crippen molar-refractivity contribution >= 4 is 28.6 Å². The minimum absolute atomic E-state index is 0.254. The predicted molar refractivity (Wildman–Crippen MR) is 124 cm³/mol. The van der Waals surface area contributed by atoms with E-state index in [1.807, 2.05) is 39.0 Å². The number of amides is 1. The van der Waals surface area contributed by atoms with Crippen LogP contribution in [0.4, 0.5) is 10.7 Å². The van der Waals surface area contributed by atoms with Crippen molar-refractivity contribution in [2.45, 2.75) is 51.8 Å². The van der Waals surface area contributed by atoms with E-state index in [0.29, 0.717) is 48.3 Å². The van der Waals surface area contributed by atoms with Gasteiger partial charge in [-0.15, -0.1) is 5.10 Å². The van der Waals surface area contributed by atoms with E-state index in [1.54, 1.807) is 16.5 Å². The summed E-state index contributed by atoms with van der Waals surface area (Å²) in [5.74, 6) is 2.32. The Balaban J connectivity index is 1.37. The zero-order chi connectivity index (χ0) is 23.3. The third-order valence-corrected chi connectivity index (χ3v) is 6.12. The van der Waals surface area contributed by atoms with Crippen molar-refractivity contribution < 1.29 is 14.3 Å². The number of likely N-dealkylation sites (tertiary alicyclic amines) is 1. The number of hydrogen-bond acceptors (Lipinski definition) is 8. The number of benzene rings is 1. The first-order chi connectivity index (χ1) is 15.7. The number of fused-ring (bicyclic) bond motifs is 3. The van der Waals surface area contributed by atoms with Crippen LogP contribution >= 0.6 is 0 Å². The number of carbonyl (C=O) groups excluding carboxylic acids is 1. The predicted octanol–water partition coefficient (Wildman–Crippen LogP) is 2.70. The third kappa shape index (κ3) is 4.39. The van der Waals surface area contributed by atoms with E-state index in [0.717, 1.165) is 11.9 Å². The Kier molecular flexibility index (Phi) is 5.27. The van der Waals surface area contributed by atoms with Crippen LogP contribution in [-0.4, -0.2) is 73.9 Å². The van der Waals surface area contributed by atoms with E-state index in [1.165, 1.54) is 12.8 Å². The summed E-state index contributed by atoms with van der Waals surface area (Å²) in [4.78, 5) is 25.8. The maximum Gasteiger partial charge on any atom is 0.410 e. The highest BCUT2D eigenvalue weighted by Gasteiger charge is 2.39. The van der Waals surface area contributed by atoms with Crippen molar-refractivity contribution in [3.8, 4) is 5.75 Å². The maximum absolute atomic E-state index is 12.4. The van der Waals surface area contributed by atoms with Gasteiger partial charge >= 0.3 is 6.09 Å². The molecular weight excluding hydrogens is 422 g/mol. The molecule has 2 fully saturated rings. The minimum Gasteiger partial charge on any atom is -0.494 e. The molecule has 1 aromatic carbocycles. The molecule has 0 atom stereocenters. The van der Waals surface area contributed by atoms with Gasteiger partial charge in [0.1, 0.15) is 16.9 Å². The molecule has 2 N–H and O–H groups in total. The van der Waals surface area contributed by atoms with Gasteiger partial charge in [-0.2, -0.15) is 4.52 Å². The number of para-hydroxylation sites is 1. The SMILES string of the molecule is COc1cccc2c1nc(N)n1nc(CN(CC3CC3)C3CN(C(=O)OC(C)(C)C)C3)nc21. The molecule has 0 radical (unpaired) electrons. The second-order valence-corrected chi connectivity index (χ2v) is 10.0. The Morgan fingerprint density at radius 1 is 1.24 bits per heavy atom. The van der Waals surface area contributed by atoms with Gasteiger partial charge in [-0.05, 0) is 51.7 Å². The van der Waals surface area contributed by atoms with Crippen molar-refractivity contribution in [3.05, 3.63) is 24.0 Å². The molecule has 176 valence electrons. The van der Waals surface area contributed by atoms with Gasteiger partial charge in [0, 0.05) is 31.1 Å². The summed E-state index contributed by atoms with van der Waals surface area (Å²) >= 11 is 0. The Morgan fingerprint density at radius 3 is 2.67 bits per heavy atom. The van der Waals surface area contributed by atoms with E-state index in [2.05, 4.69) is 15.0 Å². The number of ether oxygens (including phenoxy) is 2. The largest absolute Gasteiger partial charge is 0.494 e. The van der Waals surface area contributed by atoms with Gasteiger partial charge in [-0.25, -0.2) is 14.8 Å². The van der Waals surface area contributed by atoms with E-state index in [9.17, 15) is 4.79 Å². The molecule has 10 nitrogen and oxygen atoms in total. The van der Waals surface area contributed by atoms with Crippen LogP contribution in [-0.2, 0) is 11.3 Å². The molecular formula is C23H31N7O3. The number of carbonyl (C=O) groups is 1. The summed E-state index contributed by atoms with van der Waals surface area (Å²) in [5.41, 5.74) is 7.05. The summed E-state index contributed by atoms with van der Waals surface area (Å²) in [6.45, 7) is 8.53. The zero-order valence-electron chi connectivity index (χ0n) is 19.6. The number of nitrogens with zero attached hydrogens (tertiary/aromatic N) is 6. The lowest BCUT2D eigenvalue weighted by atomic mass is 10.1. The van der Waals surface area contributed by atoms with E-state index < -0.39 is 5.60 Å². The van der Waals surface area contributed by atoms with Gasteiger partial charge in [0.25, 0.3) is 0 Å². The van der Waals surface area contributed by atoms with Gasteiger partial charge < -0.3 is 20.1 Å². The molecule has 5 rings (SSSR count). The second-order valence-electron chi connectivity index (χ2n) is 10.0. The van der Waals surface area contributed by atoms with Crippen LogP contribution in [0, 0.1) is 5.92 Å². The first-order valence-corrected chi connectivity index (χ1v) is 11.4. The number of anilines is 1. The normalized spacial score (nSPS) is 17.1. The lowest BCUT2D eigenvalue weighted by molar-refractivity contribution is -0.0183. The highest BCUT2D eigenvalue weighted by atomic mass is 16.6. The van der Waals surface area contributed by atoms with Crippen LogP contribution in [0.5, 0.6) is 5.75 Å². The third-order valence-electron chi connectivity index (χ3n) is 6.12. The first kappa shape index (κ1) is 21.7. The van der Waals surface area contributed by atoms with Gasteiger partial charge in [-0.1, -0.05) is 6.07 Å². The number of nitrogens with two attached hydrogens (primary N) is 1. The number of methoxy groups -OCH3 is 1. The number of rotatable bonds is 6. The van der Waals surface area contributed by atoms with Crippen molar-refractivity contribution in [1.82, 2.24) is 29.4 Å². The number of aromatic nitrogens is 4. The lowest BCUT2D eigenvalue weighted by Gasteiger charge is -2.45. The average Bonchev–Trinajstić information content (AvgIpc) is 3.41. The summed E-state index contributed by atoms with van der Waals surface area (Å²) < 4.78 is 12.5. The Labute approximate surface area is 192 Å². The van der Waals surface area contributed by atoms with Crippen molar-refractivity contribution in [3.63, 3.8) is 0 Å². The molecule has 1 saturated carbocycles. The fourth-order valence-corrected chi connectivity index (χ4v) is 4.22. The molecule has 3 aromatic rings. The molecule has 0 unspecified atom stereocenters. The quantitative estimate of drug-likeness (QED) is 0.606. The molecule has 1 aliphatic heterocycles.